The highest BCUT2D eigenvalue weighted by molar-refractivity contribution is 6.75. The first kappa shape index (κ1) is 35.8. The quantitative estimate of drug-likeness (QED) is 0.0757. The van der Waals surface area contributed by atoms with Crippen molar-refractivity contribution in [3.63, 3.8) is 0 Å². The molecule has 234 valence electrons. The van der Waals surface area contributed by atoms with Crippen LogP contribution in [0, 0.1) is 5.92 Å². The number of cyclic esters (lactones) is 1. The van der Waals surface area contributed by atoms with Gasteiger partial charge in [0, 0.05) is 17.8 Å². The van der Waals surface area contributed by atoms with Gasteiger partial charge in [-0.1, -0.05) is 73.1 Å². The van der Waals surface area contributed by atoms with Gasteiger partial charge in [-0.3, -0.25) is 4.79 Å². The van der Waals surface area contributed by atoms with E-state index in [0.29, 0.717) is 24.2 Å². The van der Waals surface area contributed by atoms with E-state index in [2.05, 4.69) is 84.7 Å². The fraction of sp³-hybridized carbons (Fsp3) is 0.688. The molecular formula is C32H53N3O5Si2. The van der Waals surface area contributed by atoms with E-state index < -0.39 is 34.6 Å². The molecule has 0 N–H and O–H groups in total. The van der Waals surface area contributed by atoms with Gasteiger partial charge in [-0.25, -0.2) is 4.79 Å². The zero-order chi connectivity index (χ0) is 31.9. The summed E-state index contributed by atoms with van der Waals surface area (Å²) in [5.74, 6) is -0.258. The third-order valence-electron chi connectivity index (χ3n) is 9.30. The first-order valence-electron chi connectivity index (χ1n) is 15.2. The predicted molar refractivity (Wildman–Crippen MR) is 175 cm³/mol. The Hall–Kier alpha value is -2.40. The number of azide groups is 1. The summed E-state index contributed by atoms with van der Waals surface area (Å²) in [6.45, 7) is 24.3. The van der Waals surface area contributed by atoms with Gasteiger partial charge < -0.3 is 13.6 Å². The van der Waals surface area contributed by atoms with E-state index in [4.69, 9.17) is 19.1 Å². The molecule has 2 rings (SSSR count). The number of amides is 1. The van der Waals surface area contributed by atoms with Gasteiger partial charge in [-0.05, 0) is 89.8 Å². The summed E-state index contributed by atoms with van der Waals surface area (Å²) >= 11 is 0. The van der Waals surface area contributed by atoms with Crippen molar-refractivity contribution < 1.29 is 23.2 Å². The average Bonchev–Trinajstić information content (AvgIpc) is 2.83. The molecule has 0 spiro atoms. The molecule has 0 fully saturated rings. The van der Waals surface area contributed by atoms with E-state index >= 15 is 0 Å². The maximum atomic E-state index is 14.0. The van der Waals surface area contributed by atoms with Crippen molar-refractivity contribution >= 4 is 28.5 Å². The number of ether oxygens (including phenoxy) is 1. The van der Waals surface area contributed by atoms with Crippen LogP contribution >= 0.6 is 0 Å². The lowest BCUT2D eigenvalue weighted by Crippen LogP contribution is -2.46. The Morgan fingerprint density at radius 1 is 1.10 bits per heavy atom. The van der Waals surface area contributed by atoms with Gasteiger partial charge in [-0.2, -0.15) is 0 Å². The van der Waals surface area contributed by atoms with Crippen LogP contribution in [0.5, 0.6) is 5.75 Å². The van der Waals surface area contributed by atoms with Crippen LogP contribution in [0.15, 0.2) is 35.5 Å². The molecule has 8 nitrogen and oxygen atoms in total. The van der Waals surface area contributed by atoms with Crippen molar-refractivity contribution in [3.05, 3.63) is 51.9 Å². The van der Waals surface area contributed by atoms with Crippen molar-refractivity contribution in [1.29, 1.82) is 0 Å². The fourth-order valence-corrected chi connectivity index (χ4v) is 6.97. The van der Waals surface area contributed by atoms with Gasteiger partial charge in [0.1, 0.15) is 17.4 Å². The van der Waals surface area contributed by atoms with Crippen molar-refractivity contribution in [2.45, 2.75) is 135 Å². The van der Waals surface area contributed by atoms with Crippen molar-refractivity contribution in [2.24, 2.45) is 11.0 Å². The number of aryl methyl sites for hydroxylation is 1. The summed E-state index contributed by atoms with van der Waals surface area (Å²) in [7, 11) is -4.36. The van der Waals surface area contributed by atoms with E-state index in [1.165, 1.54) is 6.08 Å². The summed E-state index contributed by atoms with van der Waals surface area (Å²) in [6.07, 6.45) is 6.72. The van der Waals surface area contributed by atoms with Crippen molar-refractivity contribution in [1.82, 2.24) is 0 Å². The number of esters is 1. The topological polar surface area (TPSA) is 111 Å². The number of nitrogens with zero attached hydrogens (tertiary/aromatic N) is 3. The number of hydrogen-bond donors (Lipinski definition) is 0. The molecule has 0 aromatic heterocycles. The Morgan fingerprint density at radius 2 is 1.74 bits per heavy atom. The number of hydrogen-bond acceptors (Lipinski definition) is 5. The third-order valence-corrected chi connectivity index (χ3v) is 18.1. The lowest BCUT2D eigenvalue weighted by molar-refractivity contribution is -0.113. The second-order valence-corrected chi connectivity index (χ2v) is 24.2. The van der Waals surface area contributed by atoms with Gasteiger partial charge in [0.15, 0.2) is 8.32 Å². The summed E-state index contributed by atoms with van der Waals surface area (Å²) in [4.78, 5) is 28.5. The molecule has 42 heavy (non-hydrogen) atoms. The first-order valence-corrected chi connectivity index (χ1v) is 21.1. The average molecular weight is 616 g/mol. The molecular weight excluding hydrogens is 563 g/mol. The summed E-state index contributed by atoms with van der Waals surface area (Å²) in [5.41, 5.74) is 10.0. The first-order chi connectivity index (χ1) is 19.3. The molecule has 1 heterocycles. The Balaban J connectivity index is 2.55. The molecule has 0 saturated heterocycles. The van der Waals surface area contributed by atoms with E-state index in [1.54, 1.807) is 6.08 Å². The summed E-state index contributed by atoms with van der Waals surface area (Å²) in [5, 5.41) is 3.11. The molecule has 1 aromatic carbocycles. The molecule has 1 unspecified atom stereocenters. The van der Waals surface area contributed by atoms with Crippen LogP contribution in [-0.2, 0) is 20.4 Å². The molecule has 3 atom stereocenters. The molecule has 0 bridgehead atoms. The van der Waals surface area contributed by atoms with E-state index in [0.717, 1.165) is 31.2 Å². The smallest absolute Gasteiger partial charge is 0.342 e. The number of carbonyl (C=O) groups is 2. The minimum atomic E-state index is -2.24. The van der Waals surface area contributed by atoms with Gasteiger partial charge >= 0.3 is 5.97 Å². The highest BCUT2D eigenvalue weighted by Crippen LogP contribution is 2.41. The van der Waals surface area contributed by atoms with E-state index in [-0.39, 0.29) is 22.1 Å². The molecule has 0 radical (unpaired) electrons. The summed E-state index contributed by atoms with van der Waals surface area (Å²) in [6, 6.07) is 5.85. The van der Waals surface area contributed by atoms with Crippen LogP contribution in [0.1, 0.15) is 96.5 Å². The SMILES string of the molecule is C[C@H]1CCCCc2cccc(O[Si](C)(C)C(C)(C)C)c2C(=O)OC(C/C=C/C(=O)N=[N+]=[N-])C[C@H]1O[Si](C)(C)C(C)(C)C. The molecule has 1 amide bonds. The second kappa shape index (κ2) is 14.4. The monoisotopic (exact) mass is 615 g/mol. The maximum absolute atomic E-state index is 14.0. The van der Waals surface area contributed by atoms with Crippen LogP contribution in [0.25, 0.3) is 10.4 Å². The number of benzene rings is 1. The van der Waals surface area contributed by atoms with E-state index in [1.807, 2.05) is 18.2 Å². The van der Waals surface area contributed by atoms with E-state index in [9.17, 15) is 9.59 Å². The van der Waals surface area contributed by atoms with Gasteiger partial charge in [0.2, 0.25) is 5.91 Å². The Kier molecular flexibility index (Phi) is 12.3. The highest BCUT2D eigenvalue weighted by atomic mass is 28.4. The number of fused-ring (bicyclic) bond motifs is 1. The molecule has 10 heteroatoms. The summed E-state index contributed by atoms with van der Waals surface area (Å²) < 4.78 is 19.9. The minimum absolute atomic E-state index is 0.0269. The van der Waals surface area contributed by atoms with Crippen molar-refractivity contribution in [2.75, 3.05) is 0 Å². The van der Waals surface area contributed by atoms with Crippen LogP contribution in [0.2, 0.25) is 36.3 Å². The standard InChI is InChI=1S/C32H53N3O5Si2/c1-23-16-12-13-17-24-18-14-20-26(39-41(8,9)31(2,3)4)29(24)30(37)38-25(19-15-21-28(36)34-35-33)22-27(23)40-42(10,11)32(5,6)7/h14-15,18,20-21,23,25,27H,12-13,16-17,19,22H2,1-11H3/b21-15+/t23-,25?,27+/m0/s1. The lowest BCUT2D eigenvalue weighted by Gasteiger charge is -2.42. The maximum Gasteiger partial charge on any atom is 0.342 e. The molecule has 0 aliphatic carbocycles. The van der Waals surface area contributed by atoms with Gasteiger partial charge in [-0.15, -0.1) is 0 Å². The Bertz CT molecular complexity index is 1180. The number of rotatable bonds is 7. The molecule has 1 aliphatic heterocycles. The van der Waals surface area contributed by atoms with Crippen LogP contribution in [-0.4, -0.2) is 40.7 Å². The predicted octanol–water partition coefficient (Wildman–Crippen LogP) is 9.52. The number of carbonyl (C=O) groups excluding carboxylic acids is 2. The molecule has 0 saturated carbocycles. The van der Waals surface area contributed by atoms with Gasteiger partial charge in [0.25, 0.3) is 8.32 Å². The van der Waals surface area contributed by atoms with Gasteiger partial charge in [0.05, 0.1) is 6.10 Å². The Labute approximate surface area is 255 Å². The lowest BCUT2D eigenvalue weighted by atomic mass is 9.91. The van der Waals surface area contributed by atoms with Crippen LogP contribution in [0.4, 0.5) is 0 Å². The van der Waals surface area contributed by atoms with Crippen molar-refractivity contribution in [3.8, 4) is 5.75 Å². The zero-order valence-electron chi connectivity index (χ0n) is 27.7. The minimum Gasteiger partial charge on any atom is -0.543 e. The van der Waals surface area contributed by atoms with Crippen LogP contribution < -0.4 is 4.43 Å². The Morgan fingerprint density at radius 3 is 2.33 bits per heavy atom. The zero-order valence-corrected chi connectivity index (χ0v) is 29.7. The molecule has 1 aromatic rings. The largest absolute Gasteiger partial charge is 0.543 e. The molecule has 1 aliphatic rings. The second-order valence-electron chi connectivity index (χ2n) is 14.7. The normalized spacial score (nSPS) is 21.4. The third kappa shape index (κ3) is 9.83. The highest BCUT2D eigenvalue weighted by Gasteiger charge is 2.42. The van der Waals surface area contributed by atoms with Crippen LogP contribution in [0.3, 0.4) is 0 Å². The fourth-order valence-electron chi connectivity index (χ4n) is 4.51.